The van der Waals surface area contributed by atoms with Crippen LogP contribution in [0.4, 0.5) is 0 Å². The van der Waals surface area contributed by atoms with Crippen LogP contribution in [-0.2, 0) is 0 Å². The Morgan fingerprint density at radius 2 is 1.09 bits per heavy atom. The van der Waals surface area contributed by atoms with E-state index in [2.05, 4.69) is 141 Å². The van der Waals surface area contributed by atoms with Crippen molar-refractivity contribution in [2.24, 2.45) is 0 Å². The van der Waals surface area contributed by atoms with E-state index in [1.165, 1.54) is 32.6 Å². The first-order valence-corrected chi connectivity index (χ1v) is 14.5. The maximum absolute atomic E-state index is 5.34. The number of rotatable bonds is 2. The zero-order valence-corrected chi connectivity index (χ0v) is 23.0. The van der Waals surface area contributed by atoms with Crippen LogP contribution in [0.1, 0.15) is 0 Å². The summed E-state index contributed by atoms with van der Waals surface area (Å²) in [6.45, 7) is 0. The van der Waals surface area contributed by atoms with Crippen molar-refractivity contribution < 1.29 is 0 Å². The zero-order valence-electron chi connectivity index (χ0n) is 23.0. The van der Waals surface area contributed by atoms with Gasteiger partial charge in [-0.15, -0.1) is 0 Å². The molecule has 5 nitrogen and oxygen atoms in total. The highest BCUT2D eigenvalue weighted by Crippen LogP contribution is 2.40. The molecule has 5 aromatic carbocycles. The molecule has 0 atom stereocenters. The molecule has 5 heteroatoms. The molecule has 0 bridgehead atoms. The van der Waals surface area contributed by atoms with E-state index in [9.17, 15) is 0 Å². The molecule has 5 aromatic heterocycles. The van der Waals surface area contributed by atoms with Crippen molar-refractivity contribution in [2.45, 2.75) is 0 Å². The number of fused-ring (bicyclic) bond motifs is 13. The Bertz CT molecular complexity index is 2700. The van der Waals surface area contributed by atoms with Crippen molar-refractivity contribution in [1.29, 1.82) is 0 Å². The molecule has 0 amide bonds. The lowest BCUT2D eigenvalue weighted by Crippen LogP contribution is -2.06. The van der Waals surface area contributed by atoms with Gasteiger partial charge in [-0.2, -0.15) is 0 Å². The fourth-order valence-electron chi connectivity index (χ4n) is 6.99. The van der Waals surface area contributed by atoms with Crippen LogP contribution in [0, 0.1) is 0 Å². The van der Waals surface area contributed by atoms with Crippen LogP contribution in [-0.4, -0.2) is 23.3 Å². The van der Waals surface area contributed by atoms with Gasteiger partial charge in [-0.1, -0.05) is 103 Å². The Hall–Kier alpha value is -5.94. The molecule has 0 radical (unpaired) electrons. The summed E-state index contributed by atoms with van der Waals surface area (Å²) < 4.78 is 7.07. The molecule has 0 spiro atoms. The molecule has 0 unspecified atom stereocenters. The lowest BCUT2D eigenvalue weighted by Gasteiger charge is -2.13. The van der Waals surface area contributed by atoms with Gasteiger partial charge in [0.05, 0.1) is 38.7 Å². The minimum absolute atomic E-state index is 0.656. The number of aromatic nitrogens is 5. The van der Waals surface area contributed by atoms with E-state index in [-0.39, 0.29) is 0 Å². The molecule has 5 heterocycles. The molecule has 0 saturated carbocycles. The summed E-state index contributed by atoms with van der Waals surface area (Å²) in [5, 5.41) is 5.79. The molecule has 0 fully saturated rings. The third kappa shape index (κ3) is 3.00. The lowest BCUT2D eigenvalue weighted by molar-refractivity contribution is 0.986. The quantitative estimate of drug-likeness (QED) is 0.216. The smallest absolute Gasteiger partial charge is 0.236 e. The summed E-state index contributed by atoms with van der Waals surface area (Å²) in [6, 6.07) is 49.3. The summed E-state index contributed by atoms with van der Waals surface area (Å²) >= 11 is 0. The molecule has 200 valence electrons. The van der Waals surface area contributed by atoms with Gasteiger partial charge in [0.2, 0.25) is 5.95 Å². The SMILES string of the molecule is c1ccc(-c2nc(-n3c4ccccc4c4c5cc6ccccc6n5c5cc6ccccc6n5c43)nc3ccccc23)cc1. The topological polar surface area (TPSA) is 39.5 Å². The van der Waals surface area contributed by atoms with Crippen LogP contribution in [0.5, 0.6) is 0 Å². The first-order valence-electron chi connectivity index (χ1n) is 14.5. The second-order valence-corrected chi connectivity index (χ2v) is 11.1. The van der Waals surface area contributed by atoms with Gasteiger partial charge in [0, 0.05) is 27.1 Å². The Morgan fingerprint density at radius 3 is 1.91 bits per heavy atom. The second kappa shape index (κ2) is 8.30. The second-order valence-electron chi connectivity index (χ2n) is 11.1. The summed E-state index contributed by atoms with van der Waals surface area (Å²) in [6.07, 6.45) is 0. The van der Waals surface area contributed by atoms with Crippen LogP contribution in [0.3, 0.4) is 0 Å². The van der Waals surface area contributed by atoms with Crippen molar-refractivity contribution in [3.05, 3.63) is 140 Å². The first kappa shape index (κ1) is 22.7. The maximum Gasteiger partial charge on any atom is 0.236 e. The first-order chi connectivity index (χ1) is 21.3. The van der Waals surface area contributed by atoms with Crippen LogP contribution >= 0.6 is 0 Å². The molecule has 0 aliphatic heterocycles. The van der Waals surface area contributed by atoms with E-state index in [4.69, 9.17) is 9.97 Å². The summed E-state index contributed by atoms with van der Waals surface area (Å²) in [7, 11) is 0. The minimum atomic E-state index is 0.656. The normalized spacial score (nSPS) is 12.2. The van der Waals surface area contributed by atoms with Crippen molar-refractivity contribution in [2.75, 3.05) is 0 Å². The number of para-hydroxylation sites is 4. The predicted molar refractivity (Wildman–Crippen MR) is 176 cm³/mol. The van der Waals surface area contributed by atoms with Gasteiger partial charge in [0.25, 0.3) is 0 Å². The third-order valence-electron chi connectivity index (χ3n) is 8.79. The lowest BCUT2D eigenvalue weighted by atomic mass is 10.1. The van der Waals surface area contributed by atoms with Crippen molar-refractivity contribution in [1.82, 2.24) is 23.3 Å². The zero-order chi connectivity index (χ0) is 28.1. The van der Waals surface area contributed by atoms with E-state index in [1.54, 1.807) is 0 Å². The van der Waals surface area contributed by atoms with Crippen LogP contribution in [0.2, 0.25) is 0 Å². The monoisotopic (exact) mass is 549 g/mol. The minimum Gasteiger partial charge on any atom is -0.295 e. The van der Waals surface area contributed by atoms with Gasteiger partial charge >= 0.3 is 0 Å². The molecule has 43 heavy (non-hydrogen) atoms. The molecule has 0 N–H and O–H groups in total. The molecular formula is C38H23N5. The van der Waals surface area contributed by atoms with Gasteiger partial charge in [0.1, 0.15) is 11.3 Å². The van der Waals surface area contributed by atoms with Gasteiger partial charge in [-0.25, -0.2) is 9.97 Å². The van der Waals surface area contributed by atoms with Gasteiger partial charge < -0.3 is 0 Å². The largest absolute Gasteiger partial charge is 0.295 e. The number of nitrogens with zero attached hydrogens (tertiary/aromatic N) is 5. The Morgan fingerprint density at radius 1 is 0.465 bits per heavy atom. The predicted octanol–water partition coefficient (Wildman–Crippen LogP) is 9.21. The molecule has 0 saturated heterocycles. The highest BCUT2D eigenvalue weighted by Gasteiger charge is 2.24. The van der Waals surface area contributed by atoms with E-state index < -0.39 is 0 Å². The van der Waals surface area contributed by atoms with E-state index >= 15 is 0 Å². The molecule has 10 rings (SSSR count). The van der Waals surface area contributed by atoms with Gasteiger partial charge in [-0.3, -0.25) is 13.4 Å². The van der Waals surface area contributed by atoms with Crippen molar-refractivity contribution >= 4 is 65.8 Å². The Balaban J connectivity index is 1.49. The van der Waals surface area contributed by atoms with Crippen molar-refractivity contribution in [3.63, 3.8) is 0 Å². The van der Waals surface area contributed by atoms with Gasteiger partial charge in [-0.05, 0) is 36.4 Å². The Kier molecular flexibility index (Phi) is 4.39. The van der Waals surface area contributed by atoms with Crippen LogP contribution < -0.4 is 0 Å². The maximum atomic E-state index is 5.34. The molecule has 0 aliphatic carbocycles. The van der Waals surface area contributed by atoms with Gasteiger partial charge in [0.15, 0.2) is 0 Å². The van der Waals surface area contributed by atoms with Crippen molar-refractivity contribution in [3.8, 4) is 17.2 Å². The molecule has 10 aromatic rings. The summed E-state index contributed by atoms with van der Waals surface area (Å²) in [5.41, 5.74) is 9.66. The number of benzene rings is 5. The van der Waals surface area contributed by atoms with Crippen LogP contribution in [0.25, 0.3) is 83.0 Å². The van der Waals surface area contributed by atoms with E-state index in [0.717, 1.165) is 44.5 Å². The standard InChI is InChI=1S/C38H23N5/c1-2-12-24(13-3-1)36-27-16-6-8-18-29(27)39-38(40-36)43-32-21-11-7-17-28(32)35-33-22-25-14-4-9-19-30(25)41(33)34-23-26-15-5-10-20-31(26)42(34)37(35)43/h1-23H. The average Bonchev–Trinajstić information content (AvgIpc) is 3.74. The fourth-order valence-corrected chi connectivity index (χ4v) is 6.99. The number of hydrogen-bond donors (Lipinski definition) is 0. The third-order valence-corrected chi connectivity index (χ3v) is 8.79. The molecular weight excluding hydrogens is 526 g/mol. The van der Waals surface area contributed by atoms with Crippen LogP contribution in [0.15, 0.2) is 140 Å². The number of hydrogen-bond acceptors (Lipinski definition) is 2. The highest BCUT2D eigenvalue weighted by molar-refractivity contribution is 6.19. The Labute approximate surface area is 245 Å². The summed E-state index contributed by atoms with van der Waals surface area (Å²) in [4.78, 5) is 10.6. The average molecular weight is 550 g/mol. The highest BCUT2D eigenvalue weighted by atomic mass is 15.2. The van der Waals surface area contributed by atoms with E-state index in [1.807, 2.05) is 12.1 Å². The van der Waals surface area contributed by atoms with E-state index in [0.29, 0.717) is 5.95 Å². The fraction of sp³-hybridized carbons (Fsp3) is 0. The molecule has 0 aliphatic rings. The summed E-state index contributed by atoms with van der Waals surface area (Å²) in [5.74, 6) is 0.656.